The van der Waals surface area contributed by atoms with Gasteiger partial charge in [0.1, 0.15) is 5.75 Å². The Morgan fingerprint density at radius 1 is 1.31 bits per heavy atom. The number of aryl methyl sites for hydroxylation is 2. The maximum atomic E-state index is 5.53. The van der Waals surface area contributed by atoms with E-state index in [0.717, 1.165) is 17.7 Å². The molecule has 0 N–H and O–H groups in total. The molecule has 1 heterocycles. The summed E-state index contributed by atoms with van der Waals surface area (Å²) < 4.78 is 10.2. The lowest BCUT2D eigenvalue weighted by atomic mass is 10.1. The van der Waals surface area contributed by atoms with E-state index >= 15 is 0 Å². The van der Waals surface area contributed by atoms with E-state index in [1.807, 2.05) is 24.3 Å². The van der Waals surface area contributed by atoms with Gasteiger partial charge in [-0.15, -0.1) is 5.10 Å². The van der Waals surface area contributed by atoms with Crippen LogP contribution in [0.2, 0.25) is 5.35 Å². The zero-order chi connectivity index (χ0) is 11.4. The highest BCUT2D eigenvalue weighted by Crippen LogP contribution is 2.15. The van der Waals surface area contributed by atoms with Gasteiger partial charge >= 0.3 is 5.35 Å². The third kappa shape index (κ3) is 2.73. The van der Waals surface area contributed by atoms with Gasteiger partial charge in [-0.05, 0) is 35.7 Å². The second-order valence-corrected chi connectivity index (χ2v) is 3.62. The van der Waals surface area contributed by atoms with Gasteiger partial charge in [-0.1, -0.05) is 17.2 Å². The summed E-state index contributed by atoms with van der Waals surface area (Å²) in [6.45, 7) is 0. The summed E-state index contributed by atoms with van der Waals surface area (Å²) in [7, 11) is 1.65. The molecule has 0 aliphatic heterocycles. The first kappa shape index (κ1) is 11.0. The molecule has 84 valence electrons. The maximum Gasteiger partial charge on any atom is 0.312 e. The van der Waals surface area contributed by atoms with Crippen LogP contribution in [-0.4, -0.2) is 17.3 Å². The van der Waals surface area contributed by atoms with Crippen molar-refractivity contribution in [3.05, 3.63) is 41.1 Å². The third-order valence-corrected chi connectivity index (χ3v) is 2.36. The van der Waals surface area contributed by atoms with Crippen LogP contribution in [0.4, 0.5) is 0 Å². The molecule has 5 heteroatoms. The molecule has 4 nitrogen and oxygen atoms in total. The largest absolute Gasteiger partial charge is 0.497 e. The highest BCUT2D eigenvalue weighted by Gasteiger charge is 2.04. The second-order valence-electron chi connectivity index (χ2n) is 3.30. The molecular formula is C11H11ClN2O2. The number of methoxy groups -OCH3 is 1. The molecule has 0 atom stereocenters. The van der Waals surface area contributed by atoms with Crippen LogP contribution in [-0.2, 0) is 12.8 Å². The van der Waals surface area contributed by atoms with Crippen LogP contribution >= 0.6 is 11.6 Å². The quantitative estimate of drug-likeness (QED) is 0.821. The summed E-state index contributed by atoms with van der Waals surface area (Å²) in [6, 6.07) is 7.88. The van der Waals surface area contributed by atoms with Crippen LogP contribution < -0.4 is 4.74 Å². The van der Waals surface area contributed by atoms with Crippen molar-refractivity contribution in [2.45, 2.75) is 12.8 Å². The van der Waals surface area contributed by atoms with Crippen LogP contribution in [0, 0.1) is 0 Å². The molecule has 0 radical (unpaired) electrons. The lowest BCUT2D eigenvalue weighted by Crippen LogP contribution is -1.92. The van der Waals surface area contributed by atoms with E-state index in [-0.39, 0.29) is 5.35 Å². The van der Waals surface area contributed by atoms with E-state index in [0.29, 0.717) is 12.3 Å². The molecule has 2 aromatic rings. The predicted octanol–water partition coefficient (Wildman–Crippen LogP) is 2.52. The van der Waals surface area contributed by atoms with Gasteiger partial charge in [-0.3, -0.25) is 0 Å². The van der Waals surface area contributed by atoms with Crippen LogP contribution in [0.3, 0.4) is 0 Å². The number of aromatic nitrogens is 2. The smallest absolute Gasteiger partial charge is 0.312 e. The van der Waals surface area contributed by atoms with Crippen LogP contribution in [0.5, 0.6) is 5.75 Å². The maximum absolute atomic E-state index is 5.53. The van der Waals surface area contributed by atoms with E-state index in [2.05, 4.69) is 10.2 Å². The normalized spacial score (nSPS) is 10.4. The Balaban J connectivity index is 1.99. The van der Waals surface area contributed by atoms with E-state index in [4.69, 9.17) is 20.8 Å². The van der Waals surface area contributed by atoms with Gasteiger partial charge in [0, 0.05) is 6.42 Å². The predicted molar refractivity (Wildman–Crippen MR) is 59.7 cm³/mol. The van der Waals surface area contributed by atoms with Gasteiger partial charge in [-0.25, -0.2) is 0 Å². The standard InChI is InChI=1S/C11H11ClN2O2/c1-15-9-4-2-3-8(7-9)5-6-10-13-14-11(12)16-10/h2-4,7H,5-6H2,1H3. The fourth-order valence-corrected chi connectivity index (χ4v) is 1.54. The minimum atomic E-state index is 0.0839. The Hall–Kier alpha value is -1.55. The van der Waals surface area contributed by atoms with Crippen LogP contribution in [0.25, 0.3) is 0 Å². The summed E-state index contributed by atoms with van der Waals surface area (Å²) >= 11 is 5.53. The molecule has 0 aliphatic rings. The molecule has 0 spiro atoms. The summed E-state index contributed by atoms with van der Waals surface area (Å²) in [5.74, 6) is 1.40. The first-order valence-corrected chi connectivity index (χ1v) is 5.26. The number of hydrogen-bond donors (Lipinski definition) is 0. The summed E-state index contributed by atoms with van der Waals surface area (Å²) in [4.78, 5) is 0. The van der Waals surface area contributed by atoms with Gasteiger partial charge in [0.2, 0.25) is 5.89 Å². The Morgan fingerprint density at radius 2 is 2.19 bits per heavy atom. The Morgan fingerprint density at radius 3 is 2.88 bits per heavy atom. The number of rotatable bonds is 4. The Kier molecular flexibility index (Phi) is 3.41. The van der Waals surface area contributed by atoms with Crippen LogP contribution in [0.1, 0.15) is 11.5 Å². The summed E-state index contributed by atoms with van der Waals surface area (Å²) in [5.41, 5.74) is 1.16. The van der Waals surface area contributed by atoms with Crippen molar-refractivity contribution >= 4 is 11.6 Å². The molecule has 0 amide bonds. The molecule has 16 heavy (non-hydrogen) atoms. The monoisotopic (exact) mass is 238 g/mol. The Bertz CT molecular complexity index is 471. The molecule has 0 unspecified atom stereocenters. The van der Waals surface area contributed by atoms with Crippen molar-refractivity contribution in [3.63, 3.8) is 0 Å². The molecular weight excluding hydrogens is 228 g/mol. The second kappa shape index (κ2) is 4.99. The number of nitrogens with zero attached hydrogens (tertiary/aromatic N) is 2. The number of hydrogen-bond acceptors (Lipinski definition) is 4. The van der Waals surface area contributed by atoms with Crippen molar-refractivity contribution in [3.8, 4) is 5.75 Å². The number of ether oxygens (including phenoxy) is 1. The van der Waals surface area contributed by atoms with Gasteiger partial charge in [0.05, 0.1) is 7.11 Å². The van der Waals surface area contributed by atoms with Gasteiger partial charge < -0.3 is 9.15 Å². The molecule has 0 aliphatic carbocycles. The molecule has 0 bridgehead atoms. The Labute approximate surface area is 98.2 Å². The van der Waals surface area contributed by atoms with Crippen molar-refractivity contribution in [2.75, 3.05) is 7.11 Å². The van der Waals surface area contributed by atoms with Gasteiger partial charge in [0.15, 0.2) is 0 Å². The van der Waals surface area contributed by atoms with Crippen molar-refractivity contribution in [1.82, 2.24) is 10.2 Å². The fourth-order valence-electron chi connectivity index (χ4n) is 1.41. The zero-order valence-electron chi connectivity index (χ0n) is 8.81. The molecule has 1 aromatic heterocycles. The van der Waals surface area contributed by atoms with E-state index in [1.54, 1.807) is 7.11 Å². The summed E-state index contributed by atoms with van der Waals surface area (Å²) in [6.07, 6.45) is 1.49. The zero-order valence-corrected chi connectivity index (χ0v) is 9.57. The third-order valence-electron chi connectivity index (χ3n) is 2.20. The van der Waals surface area contributed by atoms with E-state index in [9.17, 15) is 0 Å². The average molecular weight is 239 g/mol. The van der Waals surface area contributed by atoms with Crippen molar-refractivity contribution in [1.29, 1.82) is 0 Å². The van der Waals surface area contributed by atoms with Crippen molar-refractivity contribution < 1.29 is 9.15 Å². The number of halogens is 1. The van der Waals surface area contributed by atoms with Gasteiger partial charge in [0.25, 0.3) is 0 Å². The molecule has 0 fully saturated rings. The molecule has 0 saturated carbocycles. The molecule has 2 rings (SSSR count). The number of benzene rings is 1. The first-order chi connectivity index (χ1) is 7.78. The minimum absolute atomic E-state index is 0.0839. The van der Waals surface area contributed by atoms with E-state index < -0.39 is 0 Å². The first-order valence-electron chi connectivity index (χ1n) is 4.89. The van der Waals surface area contributed by atoms with Crippen molar-refractivity contribution in [2.24, 2.45) is 0 Å². The minimum Gasteiger partial charge on any atom is -0.497 e. The van der Waals surface area contributed by atoms with Crippen LogP contribution in [0.15, 0.2) is 28.7 Å². The van der Waals surface area contributed by atoms with E-state index in [1.165, 1.54) is 0 Å². The van der Waals surface area contributed by atoms with Gasteiger partial charge in [-0.2, -0.15) is 0 Å². The average Bonchev–Trinajstić information content (AvgIpc) is 2.73. The lowest BCUT2D eigenvalue weighted by molar-refractivity contribution is 0.414. The molecule has 1 aromatic carbocycles. The summed E-state index contributed by atoms with van der Waals surface area (Å²) in [5, 5.41) is 7.46. The lowest BCUT2D eigenvalue weighted by Gasteiger charge is -2.02. The SMILES string of the molecule is COc1cccc(CCc2nnc(Cl)o2)c1. The topological polar surface area (TPSA) is 48.2 Å². The molecule has 0 saturated heterocycles. The highest BCUT2D eigenvalue weighted by atomic mass is 35.5. The highest BCUT2D eigenvalue weighted by molar-refractivity contribution is 6.27. The fraction of sp³-hybridized carbons (Fsp3) is 0.273.